The summed E-state index contributed by atoms with van der Waals surface area (Å²) in [4.78, 5) is 23.1. The van der Waals surface area contributed by atoms with E-state index in [0.29, 0.717) is 24.7 Å². The summed E-state index contributed by atoms with van der Waals surface area (Å²) in [5.41, 5.74) is -0.352. The highest BCUT2D eigenvalue weighted by molar-refractivity contribution is 5.93. The quantitative estimate of drug-likeness (QED) is 0.520. The molecule has 2 aliphatic carbocycles. The average Bonchev–Trinajstić information content (AvgIpc) is 2.30. The Morgan fingerprint density at radius 1 is 1.38 bits per heavy atom. The molecule has 3 rings (SSSR count). The van der Waals surface area contributed by atoms with Gasteiger partial charge in [-0.15, -0.1) is 0 Å². The third kappa shape index (κ3) is 0.675. The highest BCUT2D eigenvalue weighted by Gasteiger charge is 2.67. The molecule has 0 aromatic rings. The molecule has 0 unspecified atom stereocenters. The number of hydrogen-bond acceptors (Lipinski definition) is 3. The maximum absolute atomic E-state index is 11.6. The van der Waals surface area contributed by atoms with Gasteiger partial charge in [0.1, 0.15) is 5.78 Å². The van der Waals surface area contributed by atoms with E-state index < -0.39 is 0 Å². The van der Waals surface area contributed by atoms with Gasteiger partial charge >= 0.3 is 5.97 Å². The zero-order valence-corrected chi connectivity index (χ0v) is 7.41. The smallest absolute Gasteiger partial charge is 0.313 e. The standard InChI is InChI=1S/C10H12O3/c11-8-2-1-3-10-6(4-7(8)10)5-13-9(10)12/h6-7H,1-5H2/t6-,7-,10+/m1/s1. The Kier molecular flexibility index (Phi) is 1.24. The lowest BCUT2D eigenvalue weighted by atomic mass is 9.48. The molecule has 3 nitrogen and oxygen atoms in total. The molecule has 13 heavy (non-hydrogen) atoms. The molecule has 1 saturated heterocycles. The lowest BCUT2D eigenvalue weighted by molar-refractivity contribution is -0.164. The number of ether oxygens (including phenoxy) is 1. The second-order valence-corrected chi connectivity index (χ2v) is 4.44. The number of carbonyl (C=O) groups is 2. The first-order chi connectivity index (χ1) is 6.25. The number of rotatable bonds is 0. The minimum atomic E-state index is -0.352. The van der Waals surface area contributed by atoms with Gasteiger partial charge in [-0.25, -0.2) is 0 Å². The van der Waals surface area contributed by atoms with Gasteiger partial charge in [-0.3, -0.25) is 9.59 Å². The predicted octanol–water partition coefficient (Wildman–Crippen LogP) is 0.919. The van der Waals surface area contributed by atoms with Crippen molar-refractivity contribution in [1.29, 1.82) is 0 Å². The van der Waals surface area contributed by atoms with Crippen LogP contribution in [0.15, 0.2) is 0 Å². The summed E-state index contributed by atoms with van der Waals surface area (Å²) in [5.74, 6) is 0.568. The summed E-state index contributed by atoms with van der Waals surface area (Å²) >= 11 is 0. The molecular weight excluding hydrogens is 168 g/mol. The predicted molar refractivity (Wildman–Crippen MR) is 43.8 cm³/mol. The summed E-state index contributed by atoms with van der Waals surface area (Å²) in [6.07, 6.45) is 3.32. The largest absolute Gasteiger partial charge is 0.465 e. The molecule has 1 heterocycles. The molecule has 1 aliphatic heterocycles. The monoisotopic (exact) mass is 180 g/mol. The Morgan fingerprint density at radius 3 is 3.00 bits per heavy atom. The Hall–Kier alpha value is -0.860. The molecule has 70 valence electrons. The van der Waals surface area contributed by atoms with Crippen LogP contribution in [0, 0.1) is 17.3 Å². The summed E-state index contributed by atoms with van der Waals surface area (Å²) in [6, 6.07) is 0. The van der Waals surface area contributed by atoms with Crippen LogP contribution in [0.25, 0.3) is 0 Å². The van der Waals surface area contributed by atoms with Crippen LogP contribution < -0.4 is 0 Å². The van der Waals surface area contributed by atoms with Crippen molar-refractivity contribution in [3.63, 3.8) is 0 Å². The summed E-state index contributed by atoms with van der Waals surface area (Å²) in [5, 5.41) is 0. The maximum Gasteiger partial charge on any atom is 0.313 e. The van der Waals surface area contributed by atoms with E-state index >= 15 is 0 Å². The van der Waals surface area contributed by atoms with E-state index in [4.69, 9.17) is 4.74 Å². The molecule has 0 bridgehead atoms. The van der Waals surface area contributed by atoms with Gasteiger partial charge in [0.05, 0.1) is 12.0 Å². The first kappa shape index (κ1) is 7.54. The summed E-state index contributed by atoms with van der Waals surface area (Å²) in [7, 11) is 0. The third-order valence-corrected chi connectivity index (χ3v) is 4.07. The maximum atomic E-state index is 11.6. The fraction of sp³-hybridized carbons (Fsp3) is 0.800. The molecule has 1 spiro atoms. The number of hydrogen-bond donors (Lipinski definition) is 0. The van der Waals surface area contributed by atoms with E-state index in [1.165, 1.54) is 0 Å². The van der Waals surface area contributed by atoms with E-state index in [1.54, 1.807) is 0 Å². The van der Waals surface area contributed by atoms with Crippen molar-refractivity contribution in [2.45, 2.75) is 25.7 Å². The van der Waals surface area contributed by atoms with Crippen LogP contribution in [0.4, 0.5) is 0 Å². The molecule has 0 radical (unpaired) electrons. The normalized spacial score (nSPS) is 47.7. The first-order valence-electron chi connectivity index (χ1n) is 4.95. The van der Waals surface area contributed by atoms with Gasteiger partial charge in [-0.2, -0.15) is 0 Å². The topological polar surface area (TPSA) is 43.4 Å². The zero-order valence-electron chi connectivity index (χ0n) is 7.41. The second kappa shape index (κ2) is 2.14. The SMILES string of the molecule is O=C1CCC[C@]23C(=O)OC[C@H]2C[C@H]13. The number of ketones is 1. The third-order valence-electron chi connectivity index (χ3n) is 4.07. The van der Waals surface area contributed by atoms with E-state index in [9.17, 15) is 9.59 Å². The van der Waals surface area contributed by atoms with Crippen molar-refractivity contribution in [3.05, 3.63) is 0 Å². The zero-order chi connectivity index (χ0) is 9.05. The van der Waals surface area contributed by atoms with E-state index in [0.717, 1.165) is 19.3 Å². The number of esters is 1. The van der Waals surface area contributed by atoms with Crippen molar-refractivity contribution >= 4 is 11.8 Å². The van der Waals surface area contributed by atoms with E-state index in [2.05, 4.69) is 0 Å². The van der Waals surface area contributed by atoms with Crippen molar-refractivity contribution in [1.82, 2.24) is 0 Å². The van der Waals surface area contributed by atoms with Crippen LogP contribution in [0.5, 0.6) is 0 Å². The van der Waals surface area contributed by atoms with Gasteiger partial charge in [0.2, 0.25) is 0 Å². The van der Waals surface area contributed by atoms with Gasteiger partial charge in [-0.1, -0.05) is 0 Å². The minimum absolute atomic E-state index is 0.0150. The fourth-order valence-corrected chi connectivity index (χ4v) is 3.29. The van der Waals surface area contributed by atoms with Crippen LogP contribution in [0.1, 0.15) is 25.7 Å². The number of cyclic esters (lactones) is 1. The molecule has 3 heteroatoms. The molecule has 2 saturated carbocycles. The van der Waals surface area contributed by atoms with Gasteiger partial charge in [0.15, 0.2) is 0 Å². The lowest BCUT2D eigenvalue weighted by Gasteiger charge is -2.50. The van der Waals surface area contributed by atoms with Crippen LogP contribution in [0.3, 0.4) is 0 Å². The second-order valence-electron chi connectivity index (χ2n) is 4.44. The minimum Gasteiger partial charge on any atom is -0.465 e. The number of Topliss-reactive ketones (excluding diaryl/α,β-unsaturated/α-hetero) is 1. The van der Waals surface area contributed by atoms with Crippen molar-refractivity contribution in [3.8, 4) is 0 Å². The highest BCUT2D eigenvalue weighted by atomic mass is 16.5. The molecule has 0 N–H and O–H groups in total. The summed E-state index contributed by atoms with van der Waals surface area (Å²) in [6.45, 7) is 0.558. The summed E-state index contributed by atoms with van der Waals surface area (Å²) < 4.78 is 5.06. The van der Waals surface area contributed by atoms with Crippen molar-refractivity contribution < 1.29 is 14.3 Å². The van der Waals surface area contributed by atoms with Gasteiger partial charge in [-0.05, 0) is 19.3 Å². The molecule has 0 aromatic heterocycles. The van der Waals surface area contributed by atoms with Crippen molar-refractivity contribution in [2.75, 3.05) is 6.61 Å². The van der Waals surface area contributed by atoms with E-state index in [-0.39, 0.29) is 17.3 Å². The molecule has 3 atom stereocenters. The Balaban J connectivity index is 2.00. The highest BCUT2D eigenvalue weighted by Crippen LogP contribution is 2.61. The Bertz CT molecular complexity index is 297. The molecule has 3 fully saturated rings. The first-order valence-corrected chi connectivity index (χ1v) is 4.95. The fourth-order valence-electron chi connectivity index (χ4n) is 3.29. The van der Waals surface area contributed by atoms with Crippen LogP contribution in [0.2, 0.25) is 0 Å². The molecule has 3 aliphatic rings. The van der Waals surface area contributed by atoms with Crippen LogP contribution in [-0.2, 0) is 14.3 Å². The van der Waals surface area contributed by atoms with Gasteiger partial charge in [0.25, 0.3) is 0 Å². The Morgan fingerprint density at radius 2 is 2.23 bits per heavy atom. The van der Waals surface area contributed by atoms with Crippen LogP contribution >= 0.6 is 0 Å². The van der Waals surface area contributed by atoms with Crippen LogP contribution in [-0.4, -0.2) is 18.4 Å². The van der Waals surface area contributed by atoms with E-state index in [1.807, 2.05) is 0 Å². The Labute approximate surface area is 76.4 Å². The average molecular weight is 180 g/mol. The van der Waals surface area contributed by atoms with Crippen molar-refractivity contribution in [2.24, 2.45) is 17.3 Å². The molecule has 0 amide bonds. The number of carbonyl (C=O) groups excluding carboxylic acids is 2. The van der Waals surface area contributed by atoms with Gasteiger partial charge in [0, 0.05) is 18.3 Å². The molecule has 0 aromatic carbocycles. The lowest BCUT2D eigenvalue weighted by Crippen LogP contribution is -2.56. The van der Waals surface area contributed by atoms with Gasteiger partial charge < -0.3 is 4.74 Å². The molecular formula is C10H12O3.